The second kappa shape index (κ2) is 5.88. The van der Waals surface area contributed by atoms with Gasteiger partial charge in [0, 0.05) is 29.9 Å². The minimum absolute atomic E-state index is 0.264. The van der Waals surface area contributed by atoms with Gasteiger partial charge >= 0.3 is 5.97 Å². The average Bonchev–Trinajstić information content (AvgIpc) is 2.77. The Morgan fingerprint density at radius 1 is 1.53 bits per heavy atom. The summed E-state index contributed by atoms with van der Waals surface area (Å²) in [5.41, 5.74) is 2.00. The number of aryl methyl sites for hydroxylation is 1. The van der Waals surface area contributed by atoms with Crippen LogP contribution in [0.5, 0.6) is 0 Å². The van der Waals surface area contributed by atoms with E-state index in [2.05, 4.69) is 26.3 Å². The predicted octanol–water partition coefficient (Wildman–Crippen LogP) is 2.54. The molecule has 1 aromatic heterocycles. The highest BCUT2D eigenvalue weighted by Crippen LogP contribution is 2.21. The Bertz CT molecular complexity index is 595. The largest absolute Gasteiger partial charge is 0.478 e. The molecule has 0 atom stereocenters. The van der Waals surface area contributed by atoms with Crippen LogP contribution in [0.3, 0.4) is 0 Å². The zero-order chi connectivity index (χ0) is 13.8. The fourth-order valence-corrected chi connectivity index (χ4v) is 2.15. The van der Waals surface area contributed by atoms with Gasteiger partial charge in [0.05, 0.1) is 11.8 Å². The van der Waals surface area contributed by atoms with Crippen LogP contribution in [0, 0.1) is 0 Å². The van der Waals surface area contributed by atoms with Gasteiger partial charge < -0.3 is 10.4 Å². The van der Waals surface area contributed by atoms with Crippen molar-refractivity contribution in [1.29, 1.82) is 0 Å². The lowest BCUT2D eigenvalue weighted by Gasteiger charge is -2.09. The van der Waals surface area contributed by atoms with Gasteiger partial charge in [0.1, 0.15) is 0 Å². The number of halogens is 1. The number of carboxylic acid groups (broad SMARTS) is 1. The lowest BCUT2D eigenvalue weighted by atomic mass is 10.1. The Morgan fingerprint density at radius 3 is 2.95 bits per heavy atom. The molecule has 5 nitrogen and oxygen atoms in total. The van der Waals surface area contributed by atoms with E-state index in [1.54, 1.807) is 23.0 Å². The van der Waals surface area contributed by atoms with E-state index in [-0.39, 0.29) is 5.56 Å². The van der Waals surface area contributed by atoms with Gasteiger partial charge in [0.25, 0.3) is 0 Å². The predicted molar refractivity (Wildman–Crippen MR) is 76.5 cm³/mol. The summed E-state index contributed by atoms with van der Waals surface area (Å²) >= 11 is 3.27. The standard InChI is InChI=1S/C13H14BrN3O2/c1-17-8-9(7-16-17)4-5-15-12-3-2-10(14)6-11(12)13(18)19/h2-3,6-8,15H,4-5H2,1H3,(H,18,19). The van der Waals surface area contributed by atoms with Crippen LogP contribution >= 0.6 is 15.9 Å². The molecule has 0 aliphatic heterocycles. The van der Waals surface area contributed by atoms with E-state index >= 15 is 0 Å². The van der Waals surface area contributed by atoms with Crippen molar-refractivity contribution in [3.63, 3.8) is 0 Å². The van der Waals surface area contributed by atoms with E-state index < -0.39 is 5.97 Å². The van der Waals surface area contributed by atoms with E-state index in [1.165, 1.54) is 0 Å². The zero-order valence-electron chi connectivity index (χ0n) is 10.4. The summed E-state index contributed by atoms with van der Waals surface area (Å²) in [6.45, 7) is 0.660. The number of hydrogen-bond acceptors (Lipinski definition) is 3. The minimum Gasteiger partial charge on any atom is -0.478 e. The molecule has 0 radical (unpaired) electrons. The second-order valence-electron chi connectivity index (χ2n) is 4.19. The van der Waals surface area contributed by atoms with E-state index in [0.29, 0.717) is 12.2 Å². The Morgan fingerprint density at radius 2 is 2.32 bits per heavy atom. The van der Waals surface area contributed by atoms with Crippen LogP contribution in [0.25, 0.3) is 0 Å². The van der Waals surface area contributed by atoms with E-state index in [0.717, 1.165) is 16.5 Å². The smallest absolute Gasteiger partial charge is 0.337 e. The highest BCUT2D eigenvalue weighted by Gasteiger charge is 2.10. The first-order valence-electron chi connectivity index (χ1n) is 5.80. The van der Waals surface area contributed by atoms with Gasteiger partial charge in [0.2, 0.25) is 0 Å². The van der Waals surface area contributed by atoms with Crippen molar-refractivity contribution < 1.29 is 9.90 Å². The highest BCUT2D eigenvalue weighted by atomic mass is 79.9. The van der Waals surface area contributed by atoms with E-state index in [4.69, 9.17) is 5.11 Å². The minimum atomic E-state index is -0.940. The van der Waals surface area contributed by atoms with Gasteiger partial charge in [-0.15, -0.1) is 0 Å². The summed E-state index contributed by atoms with van der Waals surface area (Å²) in [7, 11) is 1.87. The number of nitrogens with one attached hydrogen (secondary N) is 1. The summed E-state index contributed by atoms with van der Waals surface area (Å²) in [6.07, 6.45) is 4.55. The average molecular weight is 324 g/mol. The van der Waals surface area contributed by atoms with Crippen LogP contribution in [0.15, 0.2) is 35.1 Å². The number of nitrogens with zero attached hydrogens (tertiary/aromatic N) is 2. The molecule has 100 valence electrons. The maximum absolute atomic E-state index is 11.1. The number of rotatable bonds is 5. The van der Waals surface area contributed by atoms with Crippen molar-refractivity contribution in [1.82, 2.24) is 9.78 Å². The number of benzene rings is 1. The van der Waals surface area contributed by atoms with Crippen LogP contribution in [0.4, 0.5) is 5.69 Å². The third-order valence-electron chi connectivity index (χ3n) is 2.70. The second-order valence-corrected chi connectivity index (χ2v) is 5.11. The number of hydrogen-bond donors (Lipinski definition) is 2. The molecule has 6 heteroatoms. The fraction of sp³-hybridized carbons (Fsp3) is 0.231. The molecule has 0 saturated heterocycles. The fourth-order valence-electron chi connectivity index (χ4n) is 1.79. The molecule has 0 fully saturated rings. The van der Waals surface area contributed by atoms with Crippen LogP contribution in [0.1, 0.15) is 15.9 Å². The van der Waals surface area contributed by atoms with Crippen molar-refractivity contribution in [2.45, 2.75) is 6.42 Å². The lowest BCUT2D eigenvalue weighted by Crippen LogP contribution is -2.09. The van der Waals surface area contributed by atoms with Gasteiger partial charge in [-0.3, -0.25) is 4.68 Å². The molecule has 0 spiro atoms. The molecular weight excluding hydrogens is 310 g/mol. The molecular formula is C13H14BrN3O2. The maximum atomic E-state index is 11.1. The van der Waals surface area contributed by atoms with Gasteiger partial charge in [-0.2, -0.15) is 5.10 Å². The van der Waals surface area contributed by atoms with Gasteiger partial charge in [-0.1, -0.05) is 15.9 Å². The first kappa shape index (κ1) is 13.6. The molecule has 0 aliphatic rings. The van der Waals surface area contributed by atoms with Crippen LogP contribution < -0.4 is 5.32 Å². The summed E-state index contributed by atoms with van der Waals surface area (Å²) in [4.78, 5) is 11.1. The molecule has 2 N–H and O–H groups in total. The van der Waals surface area contributed by atoms with Crippen molar-refractivity contribution >= 4 is 27.6 Å². The van der Waals surface area contributed by atoms with Crippen LogP contribution in [-0.2, 0) is 13.5 Å². The first-order valence-corrected chi connectivity index (χ1v) is 6.60. The summed E-state index contributed by atoms with van der Waals surface area (Å²) in [5.74, 6) is -0.940. The molecule has 2 rings (SSSR count). The maximum Gasteiger partial charge on any atom is 0.337 e. The number of aromatic nitrogens is 2. The van der Waals surface area contributed by atoms with Crippen LogP contribution in [-0.4, -0.2) is 27.4 Å². The third kappa shape index (κ3) is 3.57. The summed E-state index contributed by atoms with van der Waals surface area (Å²) < 4.78 is 2.50. The topological polar surface area (TPSA) is 67.2 Å². The zero-order valence-corrected chi connectivity index (χ0v) is 12.0. The lowest BCUT2D eigenvalue weighted by molar-refractivity contribution is 0.0698. The first-order chi connectivity index (χ1) is 9.06. The molecule has 0 aliphatic carbocycles. The number of carboxylic acids is 1. The third-order valence-corrected chi connectivity index (χ3v) is 3.19. The monoisotopic (exact) mass is 323 g/mol. The summed E-state index contributed by atoms with van der Waals surface area (Å²) in [6, 6.07) is 5.17. The molecule has 0 unspecified atom stereocenters. The van der Waals surface area contributed by atoms with Gasteiger partial charge in [-0.25, -0.2) is 4.79 Å². The Labute approximate surface area is 119 Å². The van der Waals surface area contributed by atoms with Crippen molar-refractivity contribution in [3.05, 3.63) is 46.2 Å². The quantitative estimate of drug-likeness (QED) is 0.887. The molecule has 19 heavy (non-hydrogen) atoms. The molecule has 2 aromatic rings. The Balaban J connectivity index is 2.01. The van der Waals surface area contributed by atoms with Gasteiger partial charge in [0.15, 0.2) is 0 Å². The van der Waals surface area contributed by atoms with Crippen molar-refractivity contribution in [3.8, 4) is 0 Å². The molecule has 1 heterocycles. The van der Waals surface area contributed by atoms with Gasteiger partial charge in [-0.05, 0) is 30.2 Å². The Kier molecular flexibility index (Phi) is 4.21. The molecule has 1 aromatic carbocycles. The van der Waals surface area contributed by atoms with E-state index in [9.17, 15) is 4.79 Å². The normalized spacial score (nSPS) is 10.4. The number of anilines is 1. The Hall–Kier alpha value is -1.82. The van der Waals surface area contributed by atoms with Crippen molar-refractivity contribution in [2.24, 2.45) is 7.05 Å². The summed E-state index contributed by atoms with van der Waals surface area (Å²) in [5, 5.41) is 16.4. The SMILES string of the molecule is Cn1cc(CCNc2ccc(Br)cc2C(=O)O)cn1. The molecule has 0 bridgehead atoms. The molecule has 0 saturated carbocycles. The highest BCUT2D eigenvalue weighted by molar-refractivity contribution is 9.10. The van der Waals surface area contributed by atoms with Crippen LogP contribution in [0.2, 0.25) is 0 Å². The number of aromatic carboxylic acids is 1. The number of carbonyl (C=O) groups is 1. The molecule has 0 amide bonds. The van der Waals surface area contributed by atoms with Crippen molar-refractivity contribution in [2.75, 3.05) is 11.9 Å². The van der Waals surface area contributed by atoms with E-state index in [1.807, 2.05) is 19.3 Å².